The van der Waals surface area contributed by atoms with Crippen LogP contribution in [-0.4, -0.2) is 308 Å². The summed E-state index contributed by atoms with van der Waals surface area (Å²) < 4.78 is 37.7. The zero-order chi connectivity index (χ0) is 92.3. The molecular weight excluding hydrogens is 1670 g/mol. The zero-order valence-corrected chi connectivity index (χ0v) is 77.9. The number of carbonyl (C=O) groups excluding carboxylic acids is 2. The zero-order valence-electron chi connectivity index (χ0n) is 74.3. The van der Waals surface area contributed by atoms with Gasteiger partial charge in [0, 0.05) is 79.3 Å². The summed E-state index contributed by atoms with van der Waals surface area (Å²) in [6.07, 6.45) is 23.1. The number of aliphatic carboxylic acids is 1. The van der Waals surface area contributed by atoms with Crippen LogP contribution in [0.2, 0.25) is 0 Å². The van der Waals surface area contributed by atoms with Gasteiger partial charge in [-0.3, -0.25) is 24.1 Å². The molecule has 2 aromatic heterocycles. The molecule has 18 atom stereocenters. The van der Waals surface area contributed by atoms with Crippen molar-refractivity contribution in [3.05, 3.63) is 173 Å². The van der Waals surface area contributed by atoms with Gasteiger partial charge in [-0.1, -0.05) is 94.3 Å². The van der Waals surface area contributed by atoms with Gasteiger partial charge in [0.1, 0.15) is 66.7 Å². The SMILES string of the molecule is C=C1C=C(N)C(C#CC)=CN1[C@@H]1O[C@H](CCP(=C)(C)C)[C@@H](O)[C@H]1O.C=C1C=C(N)C(CCO)=CN1[C@@H]1O[C@H](CCP(=C)(C)C)[C@@H](O)[C@H]1O.C=P(C)(C)CC[C@H]1O[C@@H](n2ccc(N)cc2=NCCCCC(C)C(=O)O)[C@H](O)[C@@H]1O.C=P(C)(C)CC[C@H]1O[C@@H](n2ccc(N)nc2=NCCCCC(C)C(=O)OC(=O)OCC2c3ccccc3-c3ccccc32)[C@H](O)[C@@H]1O. The minimum Gasteiger partial charge on any atom is -0.481 e. The summed E-state index contributed by atoms with van der Waals surface area (Å²) >= 11 is 0. The highest BCUT2D eigenvalue weighted by Crippen LogP contribution is 2.47. The number of ether oxygens (including phenoxy) is 6. The number of anilines is 2. The Morgan fingerprint density at radius 1 is 0.560 bits per heavy atom. The van der Waals surface area contributed by atoms with Crippen LogP contribution in [0.5, 0.6) is 0 Å². The Labute approximate surface area is 736 Å². The minimum absolute atomic E-state index is 0.0255. The number of nitrogen functional groups attached to an aromatic ring is 2. The van der Waals surface area contributed by atoms with E-state index in [-0.39, 0.29) is 36.5 Å². The molecule has 0 amide bonds. The number of hydrogen-bond acceptors (Lipinski definition) is 27. The largest absolute Gasteiger partial charge is 0.516 e. The molecule has 0 spiro atoms. The Morgan fingerprint density at radius 3 is 1.45 bits per heavy atom. The van der Waals surface area contributed by atoms with Gasteiger partial charge in [0.15, 0.2) is 24.9 Å². The molecule has 2 unspecified atom stereocenters. The first-order valence-electron chi connectivity index (χ1n) is 42.4. The van der Waals surface area contributed by atoms with E-state index in [0.717, 1.165) is 65.3 Å². The molecule has 6 aliphatic heterocycles. The van der Waals surface area contributed by atoms with Crippen LogP contribution in [0.4, 0.5) is 16.3 Å². The molecule has 690 valence electrons. The van der Waals surface area contributed by atoms with Crippen molar-refractivity contribution in [2.75, 3.05) is 116 Å². The van der Waals surface area contributed by atoms with Gasteiger partial charge in [0.2, 0.25) is 5.62 Å². The number of esters is 1. The van der Waals surface area contributed by atoms with Crippen LogP contribution in [0.25, 0.3) is 11.1 Å². The number of nitrogens with zero attached hydrogens (tertiary/aromatic N) is 7. The standard InChI is InChI=1S/C35H45N4O7P.C21H36N3O5P.C18H27N2O3P.C17H29N2O4P/c1-22(33(42)46-35(43)44-21-27-25-14-7-5-12-23(25)24-13-6-8-15-26(24)27)11-9-10-18-37-34-38-29(36)16-19-39(34)32-31(41)30(40)28(45-32)17-20-47(2,3)4;1-14(21(27)28)7-5-6-10-23-17-13-15(22)8-11-24(17)20-19(26)18(25)16(29-20)9-12-30(2,3)4;1-6-7-13-11-20(12(2)10-14(13)19)18-17(22)16(21)15(23-18)8-9-24(3,4)5;1-11-9-13(18)12(5-7-20)10-19(11)17-16(22)15(21)14(23-17)6-8-24(2,3)4/h5-8,12-16,19,22,27-28,30-32,40-41H,2,9-11,17-18,20-21H2,1,3-4H3,(H2,36,37,38);8,11,13-14,16,18-20,25-26H,2,5-7,9-10,12,22H2,1,3-4H3,(H,27,28);10-11,15-18,21-22H,2-3,8-9,19H2,1,4-5H3;9-10,14-17,20-22H,1-2,5-8,18H2,3-4H3/t22?,28-,30-,31-,32-;14?,16-,18-,19-,20-;15-,16-,17-,18-;14-,15-,16-,17-/m1111/s1. The first-order chi connectivity index (χ1) is 58.7. The Hall–Kier alpha value is -7.84. The number of aliphatic hydroxyl groups excluding tert-OH is 9. The number of nitrogens with two attached hydrogens (primary N) is 4. The molecule has 2 aromatic carbocycles. The number of hydrogen-bond donors (Lipinski definition) is 14. The maximum absolute atomic E-state index is 12.6. The van der Waals surface area contributed by atoms with Crippen molar-refractivity contribution >= 4 is 82.3 Å². The van der Waals surface area contributed by atoms with E-state index in [4.69, 9.17) is 61.6 Å². The van der Waals surface area contributed by atoms with E-state index in [0.29, 0.717) is 110 Å². The van der Waals surface area contributed by atoms with Crippen LogP contribution in [-0.2, 0) is 38.0 Å². The van der Waals surface area contributed by atoms with Crippen LogP contribution in [0.15, 0.2) is 161 Å². The third-order valence-electron chi connectivity index (χ3n) is 22.5. The van der Waals surface area contributed by atoms with E-state index in [1.165, 1.54) is 0 Å². The Balaban J connectivity index is 0.000000216. The Kier molecular flexibility index (Phi) is 37.7. The van der Waals surface area contributed by atoms with Gasteiger partial charge in [0.05, 0.1) is 47.5 Å². The molecule has 18 N–H and O–H groups in total. The topological polar surface area (TPSA) is 467 Å². The second-order valence-electron chi connectivity index (χ2n) is 35.9. The lowest BCUT2D eigenvalue weighted by molar-refractivity contribution is -0.144. The van der Waals surface area contributed by atoms with Crippen molar-refractivity contribution in [3.8, 4) is 23.0 Å². The summed E-state index contributed by atoms with van der Waals surface area (Å²) in [5.41, 5.74) is 33.1. The van der Waals surface area contributed by atoms with Gasteiger partial charge in [-0.25, -0.2) is 4.79 Å². The lowest BCUT2D eigenvalue weighted by Gasteiger charge is -2.33. The van der Waals surface area contributed by atoms with Crippen molar-refractivity contribution in [1.82, 2.24) is 23.9 Å². The lowest BCUT2D eigenvalue weighted by atomic mass is 9.98. The molecule has 11 rings (SSSR count). The second-order valence-corrected chi connectivity index (χ2v) is 53.2. The highest BCUT2D eigenvalue weighted by atomic mass is 31.2. The fraction of sp³-hybridized carbons (Fsp3) is 0.538. The van der Waals surface area contributed by atoms with Gasteiger partial charge in [-0.15, -0.1) is 58.7 Å². The maximum Gasteiger partial charge on any atom is 0.516 e. The van der Waals surface area contributed by atoms with Crippen LogP contribution in [0.3, 0.4) is 0 Å². The number of pyridine rings is 1. The quantitative estimate of drug-likeness (QED) is 0.00737. The van der Waals surface area contributed by atoms with Crippen molar-refractivity contribution < 1.29 is 93.9 Å². The molecule has 125 heavy (non-hydrogen) atoms. The van der Waals surface area contributed by atoms with E-state index in [1.54, 1.807) is 94.8 Å². The summed E-state index contributed by atoms with van der Waals surface area (Å²) in [6.45, 7) is 26.0. The fourth-order valence-corrected chi connectivity index (χ4v) is 19.0. The van der Waals surface area contributed by atoms with Crippen LogP contribution < -0.4 is 34.0 Å². The van der Waals surface area contributed by atoms with Gasteiger partial charge < -0.3 is 117 Å². The molecule has 0 radical (unpaired) electrons. The van der Waals surface area contributed by atoms with Crippen LogP contribution >= 0.6 is 27.5 Å². The predicted molar refractivity (Wildman–Crippen MR) is 504 cm³/mol. The number of rotatable bonds is 32. The number of aliphatic hydroxyl groups is 9. The third-order valence-corrected chi connectivity index (χ3v) is 28.4. The first kappa shape index (κ1) is 103. The third kappa shape index (κ3) is 29.3. The number of fused-ring (bicyclic) bond motifs is 3. The molecule has 7 aliphatic rings. The molecule has 8 heterocycles. The molecule has 34 heteroatoms. The molecule has 1 aliphatic carbocycles. The number of allylic oxidation sites excluding steroid dienone is 4. The molecule has 4 saturated heterocycles. The van der Waals surface area contributed by atoms with Crippen molar-refractivity contribution in [3.63, 3.8) is 0 Å². The van der Waals surface area contributed by atoms with E-state index in [1.807, 2.05) is 36.4 Å². The van der Waals surface area contributed by atoms with Crippen LogP contribution in [0, 0.1) is 23.7 Å². The maximum atomic E-state index is 12.6. The Bertz CT molecular complexity index is 4930. The summed E-state index contributed by atoms with van der Waals surface area (Å²) in [4.78, 5) is 52.8. The van der Waals surface area contributed by atoms with Crippen LogP contribution in [0.1, 0.15) is 121 Å². The van der Waals surface area contributed by atoms with E-state index in [9.17, 15) is 55.2 Å². The predicted octanol–water partition coefficient (Wildman–Crippen LogP) is 7.55. The van der Waals surface area contributed by atoms with Gasteiger partial charge >= 0.3 is 18.1 Å². The fourth-order valence-electron chi connectivity index (χ4n) is 15.2. The summed E-state index contributed by atoms with van der Waals surface area (Å²) in [7, 11) is 0. The number of unbranched alkanes of at least 4 members (excludes halogenated alkanes) is 2. The number of aromatic nitrogens is 3. The number of carbonyl (C=O) groups is 3. The van der Waals surface area contributed by atoms with E-state index >= 15 is 0 Å². The summed E-state index contributed by atoms with van der Waals surface area (Å²) in [5.74, 6) is 3.56. The Morgan fingerprint density at radius 2 is 0.984 bits per heavy atom. The molecule has 30 nitrogen and oxygen atoms in total. The average Bonchev–Trinajstić information content (AvgIpc) is 1.65. The normalized spacial score (nSPS) is 26.3. The molecule has 4 aromatic rings. The smallest absolute Gasteiger partial charge is 0.481 e. The van der Waals surface area contributed by atoms with Crippen molar-refractivity contribution in [1.29, 1.82) is 0 Å². The summed E-state index contributed by atoms with van der Waals surface area (Å²) in [5, 5.41) is 102. The monoisotopic (exact) mass is 1810 g/mol. The second kappa shape index (κ2) is 45.9. The number of carboxylic acids is 1. The molecular formula is C91H137N11O19P4. The highest BCUT2D eigenvalue weighted by Gasteiger charge is 2.49. The first-order valence-corrected chi connectivity index (χ1v) is 54.7. The number of benzene rings is 2. The molecule has 0 saturated carbocycles. The highest BCUT2D eigenvalue weighted by molar-refractivity contribution is 7.73. The summed E-state index contributed by atoms with van der Waals surface area (Å²) in [6, 6.07) is 21.0. The van der Waals surface area contributed by atoms with E-state index < -0.39 is 150 Å². The van der Waals surface area contributed by atoms with Crippen molar-refractivity contribution in [2.45, 2.75) is 195 Å². The minimum atomic E-state index is -1.32. The molecule has 0 bridgehead atoms. The van der Waals surface area contributed by atoms with Crippen molar-refractivity contribution in [2.24, 2.45) is 33.3 Å². The molecule has 4 fully saturated rings. The number of carboxylic acid groups (broad SMARTS) is 1. The van der Waals surface area contributed by atoms with E-state index in [2.05, 4.69) is 131 Å². The average molecular weight is 1810 g/mol. The van der Waals surface area contributed by atoms with Gasteiger partial charge in [-0.05, 0) is 195 Å². The van der Waals surface area contributed by atoms with Gasteiger partial charge in [0.25, 0.3) is 0 Å². The lowest BCUT2D eigenvalue weighted by Crippen LogP contribution is -2.41. The van der Waals surface area contributed by atoms with Gasteiger partial charge in [-0.2, -0.15) is 4.98 Å².